The highest BCUT2D eigenvalue weighted by atomic mass is 19.1. The van der Waals surface area contributed by atoms with Gasteiger partial charge in [-0.25, -0.2) is 4.39 Å². The molecule has 28 heavy (non-hydrogen) atoms. The zero-order valence-corrected chi connectivity index (χ0v) is 18.3. The lowest BCUT2D eigenvalue weighted by Crippen LogP contribution is -2.43. The topological polar surface area (TPSA) is 40.5 Å². The summed E-state index contributed by atoms with van der Waals surface area (Å²) in [6, 6.07) is 5.96. The number of halogens is 1. The Morgan fingerprint density at radius 1 is 1.18 bits per heavy atom. The van der Waals surface area contributed by atoms with Crippen molar-refractivity contribution in [2.45, 2.75) is 97.8 Å². The van der Waals surface area contributed by atoms with E-state index in [9.17, 15) is 14.6 Å². The zero-order valence-electron chi connectivity index (χ0n) is 18.3. The monoisotopic (exact) mass is 390 g/mol. The minimum atomic E-state index is -0.657. The van der Waals surface area contributed by atoms with E-state index in [2.05, 4.69) is 13.0 Å². The molecule has 0 saturated heterocycles. The predicted octanol–water partition coefficient (Wildman–Crippen LogP) is 6.39. The SMILES string of the molecule is CC(F)CC(C)(C)C.C[C@]12CCC3c4ccc(O)cc4CCC3C1CC[C@@H]2O. The van der Waals surface area contributed by atoms with Crippen molar-refractivity contribution >= 4 is 0 Å². The first-order valence-electron chi connectivity index (χ1n) is 11.2. The van der Waals surface area contributed by atoms with Crippen LogP contribution in [0.15, 0.2) is 18.2 Å². The van der Waals surface area contributed by atoms with Crippen molar-refractivity contribution in [2.24, 2.45) is 22.7 Å². The van der Waals surface area contributed by atoms with Crippen molar-refractivity contribution in [3.8, 4) is 5.75 Å². The van der Waals surface area contributed by atoms with Gasteiger partial charge < -0.3 is 10.2 Å². The molecule has 0 bridgehead atoms. The van der Waals surface area contributed by atoms with Crippen LogP contribution in [0.3, 0.4) is 0 Å². The van der Waals surface area contributed by atoms with Gasteiger partial charge in [0, 0.05) is 0 Å². The van der Waals surface area contributed by atoms with Gasteiger partial charge in [0.05, 0.1) is 12.3 Å². The largest absolute Gasteiger partial charge is 0.508 e. The molecule has 0 aromatic heterocycles. The molecule has 3 aliphatic carbocycles. The quantitative estimate of drug-likeness (QED) is 0.583. The molecule has 3 aliphatic rings. The molecule has 2 nitrogen and oxygen atoms in total. The average Bonchev–Trinajstić information content (AvgIpc) is 2.88. The third kappa shape index (κ3) is 4.40. The van der Waals surface area contributed by atoms with Gasteiger partial charge in [-0.15, -0.1) is 0 Å². The fraction of sp³-hybridized carbons (Fsp3) is 0.760. The predicted molar refractivity (Wildman–Crippen MR) is 113 cm³/mol. The van der Waals surface area contributed by atoms with Crippen molar-refractivity contribution in [2.75, 3.05) is 0 Å². The second-order valence-electron chi connectivity index (χ2n) is 11.0. The molecule has 1 aromatic rings. The van der Waals surface area contributed by atoms with Crippen LogP contribution in [-0.4, -0.2) is 22.5 Å². The number of rotatable bonds is 1. The Hall–Kier alpha value is -1.09. The maximum Gasteiger partial charge on any atom is 0.115 e. The molecule has 158 valence electrons. The average molecular weight is 391 g/mol. The lowest BCUT2D eigenvalue weighted by Gasteiger charge is -2.50. The summed E-state index contributed by atoms with van der Waals surface area (Å²) in [5.41, 5.74) is 3.14. The maximum absolute atomic E-state index is 12.2. The van der Waals surface area contributed by atoms with E-state index in [0.29, 0.717) is 24.0 Å². The molecule has 4 rings (SSSR count). The van der Waals surface area contributed by atoms with E-state index >= 15 is 0 Å². The van der Waals surface area contributed by atoms with E-state index < -0.39 is 6.17 Å². The number of alkyl halides is 1. The number of hydrogen-bond acceptors (Lipinski definition) is 2. The number of benzene rings is 1. The van der Waals surface area contributed by atoms with Gasteiger partial charge in [0.2, 0.25) is 0 Å². The summed E-state index contributed by atoms with van der Waals surface area (Å²) in [6.45, 7) is 10.1. The van der Waals surface area contributed by atoms with Crippen LogP contribution in [-0.2, 0) is 6.42 Å². The van der Waals surface area contributed by atoms with Crippen LogP contribution in [0.25, 0.3) is 0 Å². The van der Waals surface area contributed by atoms with E-state index in [1.165, 1.54) is 30.4 Å². The molecular formula is C25H39FO2. The van der Waals surface area contributed by atoms with Crippen LogP contribution in [0.1, 0.15) is 90.2 Å². The highest BCUT2D eigenvalue weighted by molar-refractivity contribution is 5.40. The Labute approximate surface area is 170 Å². The van der Waals surface area contributed by atoms with Gasteiger partial charge in [-0.1, -0.05) is 33.8 Å². The van der Waals surface area contributed by atoms with Crippen molar-refractivity contribution in [3.05, 3.63) is 29.3 Å². The van der Waals surface area contributed by atoms with Crippen LogP contribution in [0, 0.1) is 22.7 Å². The molecule has 0 aliphatic heterocycles. The fourth-order valence-corrected chi connectivity index (χ4v) is 6.39. The molecule has 2 fully saturated rings. The number of hydrogen-bond donors (Lipinski definition) is 2. The summed E-state index contributed by atoms with van der Waals surface area (Å²) in [5, 5.41) is 20.0. The second kappa shape index (κ2) is 7.97. The highest BCUT2D eigenvalue weighted by Gasteiger charge is 2.54. The van der Waals surface area contributed by atoms with Crippen molar-refractivity contribution in [1.29, 1.82) is 0 Å². The van der Waals surface area contributed by atoms with Gasteiger partial charge in [0.25, 0.3) is 0 Å². The number of fused-ring (bicyclic) bond motifs is 5. The third-order valence-electron chi connectivity index (χ3n) is 7.55. The molecular weight excluding hydrogens is 351 g/mol. The standard InChI is InChI=1S/C18H24O2.C7H15F/c1-18-9-8-14-13-5-3-12(19)10-11(13)2-4-15(14)16(18)6-7-17(18)20;1-6(8)5-7(2,3)4/h3,5,10,14-17,19-20H,2,4,6-9H2,1H3;6H,5H2,1-4H3/t14?,15?,16?,17-,18-;/m0./s1. The Kier molecular flexibility index (Phi) is 6.15. The minimum Gasteiger partial charge on any atom is -0.508 e. The Balaban J connectivity index is 0.000000242. The number of aromatic hydroxyl groups is 1. The number of phenols is 1. The van der Waals surface area contributed by atoms with E-state index in [1.54, 1.807) is 6.92 Å². The summed E-state index contributed by atoms with van der Waals surface area (Å²) in [6.07, 6.45) is 6.78. The van der Waals surface area contributed by atoms with E-state index in [1.807, 2.05) is 32.9 Å². The van der Waals surface area contributed by atoms with Crippen LogP contribution in [0.2, 0.25) is 0 Å². The van der Waals surface area contributed by atoms with Crippen molar-refractivity contribution < 1.29 is 14.6 Å². The lowest BCUT2D eigenvalue weighted by atomic mass is 9.55. The van der Waals surface area contributed by atoms with Gasteiger partial charge in [-0.2, -0.15) is 0 Å². The van der Waals surface area contributed by atoms with Crippen LogP contribution in [0.4, 0.5) is 4.39 Å². The fourth-order valence-electron chi connectivity index (χ4n) is 6.39. The Morgan fingerprint density at radius 2 is 1.89 bits per heavy atom. The van der Waals surface area contributed by atoms with Crippen molar-refractivity contribution in [3.63, 3.8) is 0 Å². The molecule has 3 heteroatoms. The first-order valence-corrected chi connectivity index (χ1v) is 11.2. The molecule has 4 unspecified atom stereocenters. The molecule has 6 atom stereocenters. The molecule has 2 saturated carbocycles. The van der Waals surface area contributed by atoms with Crippen LogP contribution >= 0.6 is 0 Å². The third-order valence-corrected chi connectivity index (χ3v) is 7.55. The first-order chi connectivity index (χ1) is 13.0. The molecule has 2 N–H and O–H groups in total. The van der Waals surface area contributed by atoms with Crippen molar-refractivity contribution in [1.82, 2.24) is 0 Å². The summed E-state index contributed by atoms with van der Waals surface area (Å²) >= 11 is 0. The summed E-state index contributed by atoms with van der Waals surface area (Å²) in [4.78, 5) is 0. The second-order valence-corrected chi connectivity index (χ2v) is 11.0. The van der Waals surface area contributed by atoms with E-state index in [4.69, 9.17) is 0 Å². The van der Waals surface area contributed by atoms with E-state index in [-0.39, 0.29) is 16.9 Å². The first kappa shape index (κ1) is 21.6. The summed E-state index contributed by atoms with van der Waals surface area (Å²) in [5.74, 6) is 2.49. The zero-order chi connectivity index (χ0) is 20.7. The van der Waals surface area contributed by atoms with Gasteiger partial charge in [0.15, 0.2) is 0 Å². The van der Waals surface area contributed by atoms with Gasteiger partial charge in [-0.3, -0.25) is 0 Å². The number of aliphatic hydroxyl groups excluding tert-OH is 1. The van der Waals surface area contributed by atoms with Gasteiger partial charge in [0.1, 0.15) is 5.75 Å². The number of aliphatic hydroxyl groups is 1. The molecule has 1 aromatic carbocycles. The summed E-state index contributed by atoms with van der Waals surface area (Å²) in [7, 11) is 0. The summed E-state index contributed by atoms with van der Waals surface area (Å²) < 4.78 is 12.2. The van der Waals surface area contributed by atoms with Gasteiger partial charge in [-0.05, 0) is 104 Å². The normalized spacial score (nSPS) is 35.1. The lowest BCUT2D eigenvalue weighted by molar-refractivity contribution is -0.0226. The van der Waals surface area contributed by atoms with Gasteiger partial charge >= 0.3 is 0 Å². The Morgan fingerprint density at radius 3 is 2.50 bits per heavy atom. The minimum absolute atomic E-state index is 0.0883. The number of phenolic OH excluding ortho intramolecular Hbond substituents is 1. The molecule has 0 amide bonds. The highest BCUT2D eigenvalue weighted by Crippen LogP contribution is 2.60. The maximum atomic E-state index is 12.2. The molecule has 0 radical (unpaired) electrons. The molecule has 0 spiro atoms. The number of aryl methyl sites for hydroxylation is 1. The molecule has 0 heterocycles. The van der Waals surface area contributed by atoms with Crippen LogP contribution < -0.4 is 0 Å². The Bertz CT molecular complexity index is 678. The smallest absolute Gasteiger partial charge is 0.115 e. The van der Waals surface area contributed by atoms with E-state index in [0.717, 1.165) is 25.2 Å². The van der Waals surface area contributed by atoms with Crippen LogP contribution in [0.5, 0.6) is 5.75 Å².